The van der Waals surface area contributed by atoms with Crippen molar-refractivity contribution in [3.8, 4) is 17.2 Å². The topological polar surface area (TPSA) is 102 Å². The Kier molecular flexibility index (Phi) is 6.94. The maximum Gasteiger partial charge on any atom is 0.319 e. The van der Waals surface area contributed by atoms with Crippen molar-refractivity contribution >= 4 is 11.7 Å². The number of ether oxygens (including phenoxy) is 1. The lowest BCUT2D eigenvalue weighted by Crippen LogP contribution is -2.28. The minimum atomic E-state index is -0.303. The fraction of sp³-hybridized carbons (Fsp3) is 0.200. The summed E-state index contributed by atoms with van der Waals surface area (Å²) in [5.74, 6) is 2.04. The smallest absolute Gasteiger partial charge is 0.319 e. The molecule has 0 atom stereocenters. The Bertz CT molecular complexity index is 1190. The summed E-state index contributed by atoms with van der Waals surface area (Å²) in [7, 11) is 0. The van der Waals surface area contributed by atoms with Gasteiger partial charge < -0.3 is 19.9 Å². The second-order valence-electron chi connectivity index (χ2n) is 7.75. The summed E-state index contributed by atoms with van der Waals surface area (Å²) in [6, 6.07) is 20.2. The van der Waals surface area contributed by atoms with Gasteiger partial charge in [-0.25, -0.2) is 4.79 Å². The highest BCUT2D eigenvalue weighted by Crippen LogP contribution is 2.22. The highest BCUT2D eigenvalue weighted by molar-refractivity contribution is 5.89. The summed E-state index contributed by atoms with van der Waals surface area (Å²) in [5.41, 5.74) is 3.23. The van der Waals surface area contributed by atoms with Crippen LogP contribution in [-0.2, 0) is 13.2 Å². The molecule has 168 valence electrons. The van der Waals surface area contributed by atoms with Crippen LogP contribution in [-0.4, -0.2) is 21.2 Å². The molecule has 33 heavy (non-hydrogen) atoms. The summed E-state index contributed by atoms with van der Waals surface area (Å²) in [4.78, 5) is 20.9. The molecule has 8 nitrogen and oxygen atoms in total. The Hall–Kier alpha value is -4.20. The van der Waals surface area contributed by atoms with Crippen LogP contribution in [0.15, 0.2) is 77.4 Å². The van der Waals surface area contributed by atoms with Crippen LogP contribution < -0.4 is 15.4 Å². The van der Waals surface area contributed by atoms with Crippen LogP contribution in [0.1, 0.15) is 36.8 Å². The van der Waals surface area contributed by atoms with Crippen molar-refractivity contribution < 1.29 is 14.1 Å². The Balaban J connectivity index is 1.27. The van der Waals surface area contributed by atoms with Gasteiger partial charge in [-0.15, -0.1) is 0 Å². The Labute approximate surface area is 192 Å². The molecule has 2 aromatic heterocycles. The zero-order valence-corrected chi connectivity index (χ0v) is 18.5. The lowest BCUT2D eigenvalue weighted by molar-refractivity contribution is 0.251. The summed E-state index contributed by atoms with van der Waals surface area (Å²) in [6.45, 7) is 4.76. The summed E-state index contributed by atoms with van der Waals surface area (Å²) in [5, 5.41) is 9.64. The maximum atomic E-state index is 12.3. The summed E-state index contributed by atoms with van der Waals surface area (Å²) >= 11 is 0. The molecule has 4 rings (SSSR count). The fourth-order valence-electron chi connectivity index (χ4n) is 3.03. The number of aromatic nitrogens is 3. The third kappa shape index (κ3) is 6.16. The van der Waals surface area contributed by atoms with E-state index in [1.54, 1.807) is 18.3 Å². The average molecular weight is 444 g/mol. The molecule has 2 amide bonds. The molecule has 0 unspecified atom stereocenters. The zero-order chi connectivity index (χ0) is 23.0. The standard InChI is InChI=1S/C25H25N5O3/c1-17(2)23-29-24(33-30-23)19-9-11-20(12-10-19)28-25(31)27-15-18-6-5-8-22(14-18)32-16-21-7-3-4-13-26-21/h3-14,17H,15-16H2,1-2H3,(H2,27,28,31). The third-order valence-corrected chi connectivity index (χ3v) is 4.81. The number of carbonyl (C=O) groups is 1. The van der Waals surface area contributed by atoms with Gasteiger partial charge in [0.1, 0.15) is 12.4 Å². The van der Waals surface area contributed by atoms with Crippen molar-refractivity contribution in [3.63, 3.8) is 0 Å². The van der Waals surface area contributed by atoms with E-state index in [2.05, 4.69) is 25.8 Å². The highest BCUT2D eigenvalue weighted by Gasteiger charge is 2.11. The van der Waals surface area contributed by atoms with E-state index in [9.17, 15) is 4.79 Å². The summed E-state index contributed by atoms with van der Waals surface area (Å²) < 4.78 is 11.1. The van der Waals surface area contributed by atoms with Crippen LogP contribution in [0, 0.1) is 0 Å². The molecule has 0 aliphatic rings. The van der Waals surface area contributed by atoms with Crippen LogP contribution in [0.5, 0.6) is 5.75 Å². The Morgan fingerprint density at radius 2 is 1.91 bits per heavy atom. The van der Waals surface area contributed by atoms with Gasteiger partial charge in [-0.05, 0) is 54.1 Å². The minimum absolute atomic E-state index is 0.195. The first-order valence-electron chi connectivity index (χ1n) is 10.7. The molecule has 0 aliphatic carbocycles. The van der Waals surface area contributed by atoms with Crippen molar-refractivity contribution in [2.24, 2.45) is 0 Å². The van der Waals surface area contributed by atoms with Crippen LogP contribution >= 0.6 is 0 Å². The number of nitrogens with zero attached hydrogens (tertiary/aromatic N) is 3. The van der Waals surface area contributed by atoms with Gasteiger partial charge in [-0.3, -0.25) is 4.98 Å². The molecule has 8 heteroatoms. The van der Waals surface area contributed by atoms with Gasteiger partial charge in [0.05, 0.1) is 5.69 Å². The monoisotopic (exact) mass is 443 g/mol. The number of hydrogen-bond acceptors (Lipinski definition) is 6. The molecule has 0 radical (unpaired) electrons. The van der Waals surface area contributed by atoms with E-state index < -0.39 is 0 Å². The summed E-state index contributed by atoms with van der Waals surface area (Å²) in [6.07, 6.45) is 1.74. The molecule has 2 N–H and O–H groups in total. The van der Waals surface area contributed by atoms with Crippen LogP contribution in [0.4, 0.5) is 10.5 Å². The lowest BCUT2D eigenvalue weighted by Gasteiger charge is -2.10. The Morgan fingerprint density at radius 3 is 2.64 bits per heavy atom. The molecule has 0 bridgehead atoms. The molecule has 0 fully saturated rings. The molecule has 0 spiro atoms. The number of nitrogens with one attached hydrogen (secondary N) is 2. The molecular weight excluding hydrogens is 418 g/mol. The number of anilines is 1. The number of carbonyl (C=O) groups excluding carboxylic acids is 1. The van der Waals surface area contributed by atoms with E-state index in [0.717, 1.165) is 22.6 Å². The molecule has 0 saturated carbocycles. The van der Waals surface area contributed by atoms with E-state index in [4.69, 9.17) is 9.26 Å². The predicted octanol–water partition coefficient (Wildman–Crippen LogP) is 5.16. The van der Waals surface area contributed by atoms with Crippen molar-refractivity contribution in [2.45, 2.75) is 32.9 Å². The van der Waals surface area contributed by atoms with Gasteiger partial charge in [0.25, 0.3) is 5.89 Å². The number of rotatable bonds is 8. The second kappa shape index (κ2) is 10.4. The van der Waals surface area contributed by atoms with Crippen molar-refractivity contribution in [1.29, 1.82) is 0 Å². The van der Waals surface area contributed by atoms with Gasteiger partial charge in [0, 0.05) is 29.9 Å². The maximum absolute atomic E-state index is 12.3. The largest absolute Gasteiger partial charge is 0.487 e. The van der Waals surface area contributed by atoms with Gasteiger partial charge in [0.2, 0.25) is 0 Å². The van der Waals surface area contributed by atoms with E-state index >= 15 is 0 Å². The first-order chi connectivity index (χ1) is 16.1. The normalized spacial score (nSPS) is 10.8. The molecule has 4 aromatic rings. The fourth-order valence-corrected chi connectivity index (χ4v) is 3.03. The predicted molar refractivity (Wildman–Crippen MR) is 125 cm³/mol. The number of pyridine rings is 1. The molecule has 0 saturated heterocycles. The van der Waals surface area contributed by atoms with Gasteiger partial charge in [-0.2, -0.15) is 4.98 Å². The SMILES string of the molecule is CC(C)c1noc(-c2ccc(NC(=O)NCc3cccc(OCc4ccccn4)c3)cc2)n1. The Morgan fingerprint density at radius 1 is 1.06 bits per heavy atom. The number of urea groups is 1. The molecule has 2 aromatic carbocycles. The van der Waals surface area contributed by atoms with Gasteiger partial charge in [-0.1, -0.05) is 37.2 Å². The van der Waals surface area contributed by atoms with Gasteiger partial charge in [0.15, 0.2) is 5.82 Å². The first-order valence-corrected chi connectivity index (χ1v) is 10.7. The van der Waals surface area contributed by atoms with E-state index in [0.29, 0.717) is 30.6 Å². The third-order valence-electron chi connectivity index (χ3n) is 4.81. The number of hydrogen-bond donors (Lipinski definition) is 2. The van der Waals surface area contributed by atoms with E-state index in [1.165, 1.54) is 0 Å². The van der Waals surface area contributed by atoms with Crippen molar-refractivity contribution in [1.82, 2.24) is 20.4 Å². The van der Waals surface area contributed by atoms with Crippen LogP contribution in [0.25, 0.3) is 11.5 Å². The zero-order valence-electron chi connectivity index (χ0n) is 18.5. The van der Waals surface area contributed by atoms with Crippen LogP contribution in [0.3, 0.4) is 0 Å². The van der Waals surface area contributed by atoms with Crippen molar-refractivity contribution in [3.05, 3.63) is 90.0 Å². The molecule has 2 heterocycles. The van der Waals surface area contributed by atoms with Gasteiger partial charge >= 0.3 is 6.03 Å². The molecule has 0 aliphatic heterocycles. The first kappa shape index (κ1) is 22.0. The lowest BCUT2D eigenvalue weighted by atomic mass is 10.2. The second-order valence-corrected chi connectivity index (χ2v) is 7.75. The quantitative estimate of drug-likeness (QED) is 0.390. The number of amides is 2. The molecular formula is C25H25N5O3. The number of benzene rings is 2. The van der Waals surface area contributed by atoms with E-state index in [1.807, 2.05) is 68.4 Å². The average Bonchev–Trinajstić information content (AvgIpc) is 3.34. The van der Waals surface area contributed by atoms with E-state index in [-0.39, 0.29) is 11.9 Å². The van der Waals surface area contributed by atoms with Crippen molar-refractivity contribution in [2.75, 3.05) is 5.32 Å². The highest BCUT2D eigenvalue weighted by atomic mass is 16.5. The van der Waals surface area contributed by atoms with Crippen LogP contribution in [0.2, 0.25) is 0 Å². The minimum Gasteiger partial charge on any atom is -0.487 e.